The molecular formula is C15H28N2O. The van der Waals surface area contributed by atoms with Crippen LogP contribution in [0.2, 0.25) is 0 Å². The van der Waals surface area contributed by atoms with Crippen molar-refractivity contribution in [2.75, 3.05) is 32.8 Å². The van der Waals surface area contributed by atoms with E-state index in [9.17, 15) is 0 Å². The number of ether oxygens (including phenoxy) is 1. The molecule has 0 bridgehead atoms. The van der Waals surface area contributed by atoms with Crippen molar-refractivity contribution in [2.45, 2.75) is 57.5 Å². The molecule has 0 radical (unpaired) electrons. The normalized spacial score (nSPS) is 32.8. The molecule has 104 valence electrons. The second-order valence-electron chi connectivity index (χ2n) is 6.76. The lowest BCUT2D eigenvalue weighted by molar-refractivity contribution is -0.0198. The van der Waals surface area contributed by atoms with E-state index in [-0.39, 0.29) is 0 Å². The lowest BCUT2D eigenvalue weighted by Gasteiger charge is -2.41. The van der Waals surface area contributed by atoms with E-state index in [1.54, 1.807) is 0 Å². The summed E-state index contributed by atoms with van der Waals surface area (Å²) in [6, 6.07) is 1.46. The van der Waals surface area contributed by atoms with Gasteiger partial charge in [-0.05, 0) is 38.0 Å². The van der Waals surface area contributed by atoms with Crippen molar-refractivity contribution in [1.29, 1.82) is 0 Å². The van der Waals surface area contributed by atoms with Gasteiger partial charge >= 0.3 is 0 Å². The Morgan fingerprint density at radius 1 is 1.28 bits per heavy atom. The molecule has 0 aromatic rings. The number of nitrogens with one attached hydrogen (secondary N) is 1. The van der Waals surface area contributed by atoms with Gasteiger partial charge in [0.15, 0.2) is 0 Å². The Kier molecular flexibility index (Phi) is 3.92. The standard InChI is InChI=1S/C15H28N2O/c1-13-10-18-9-8-17(13)12-15(6-2-3-7-15)11-16-14-4-5-14/h13-14,16H,2-12H2,1H3. The Morgan fingerprint density at radius 2 is 2.06 bits per heavy atom. The van der Waals surface area contributed by atoms with E-state index < -0.39 is 0 Å². The topological polar surface area (TPSA) is 24.5 Å². The van der Waals surface area contributed by atoms with Crippen molar-refractivity contribution in [3.8, 4) is 0 Å². The lowest BCUT2D eigenvalue weighted by atomic mass is 9.84. The number of hydrogen-bond acceptors (Lipinski definition) is 3. The van der Waals surface area contributed by atoms with Gasteiger partial charge in [0.05, 0.1) is 13.2 Å². The molecule has 0 aromatic carbocycles. The largest absolute Gasteiger partial charge is 0.379 e. The van der Waals surface area contributed by atoms with E-state index in [2.05, 4.69) is 17.1 Å². The van der Waals surface area contributed by atoms with Crippen LogP contribution in [0.3, 0.4) is 0 Å². The van der Waals surface area contributed by atoms with Crippen LogP contribution in [0.25, 0.3) is 0 Å². The van der Waals surface area contributed by atoms with Gasteiger partial charge in [0.2, 0.25) is 0 Å². The van der Waals surface area contributed by atoms with Gasteiger partial charge in [-0.15, -0.1) is 0 Å². The molecule has 3 aliphatic rings. The Morgan fingerprint density at radius 3 is 2.72 bits per heavy atom. The maximum absolute atomic E-state index is 5.56. The fourth-order valence-electron chi connectivity index (χ4n) is 3.59. The van der Waals surface area contributed by atoms with Gasteiger partial charge in [-0.1, -0.05) is 12.8 Å². The number of rotatable bonds is 5. The highest BCUT2D eigenvalue weighted by Gasteiger charge is 2.38. The minimum atomic E-state index is 0.564. The third-order valence-electron chi connectivity index (χ3n) is 5.05. The van der Waals surface area contributed by atoms with Gasteiger partial charge in [0.25, 0.3) is 0 Å². The van der Waals surface area contributed by atoms with Crippen molar-refractivity contribution in [2.24, 2.45) is 5.41 Å². The number of nitrogens with zero attached hydrogens (tertiary/aromatic N) is 1. The lowest BCUT2D eigenvalue weighted by Crippen LogP contribution is -2.50. The second-order valence-corrected chi connectivity index (χ2v) is 6.76. The number of hydrogen-bond donors (Lipinski definition) is 1. The fraction of sp³-hybridized carbons (Fsp3) is 1.00. The summed E-state index contributed by atoms with van der Waals surface area (Å²) < 4.78 is 5.56. The van der Waals surface area contributed by atoms with Crippen LogP contribution in [0.5, 0.6) is 0 Å². The van der Waals surface area contributed by atoms with Crippen molar-refractivity contribution in [1.82, 2.24) is 10.2 Å². The van der Waals surface area contributed by atoms with Gasteiger partial charge in [-0.25, -0.2) is 0 Å². The minimum absolute atomic E-state index is 0.564. The van der Waals surface area contributed by atoms with Crippen LogP contribution < -0.4 is 5.32 Å². The van der Waals surface area contributed by atoms with E-state index in [0.29, 0.717) is 11.5 Å². The molecule has 3 nitrogen and oxygen atoms in total. The van der Waals surface area contributed by atoms with Gasteiger partial charge in [-0.3, -0.25) is 4.90 Å². The van der Waals surface area contributed by atoms with E-state index in [4.69, 9.17) is 4.74 Å². The zero-order valence-corrected chi connectivity index (χ0v) is 11.8. The maximum Gasteiger partial charge on any atom is 0.0619 e. The van der Waals surface area contributed by atoms with Crippen LogP contribution in [0, 0.1) is 5.41 Å². The van der Waals surface area contributed by atoms with Crippen molar-refractivity contribution in [3.05, 3.63) is 0 Å². The van der Waals surface area contributed by atoms with Crippen LogP contribution >= 0.6 is 0 Å². The van der Waals surface area contributed by atoms with Gasteiger partial charge in [0.1, 0.15) is 0 Å². The summed E-state index contributed by atoms with van der Waals surface area (Å²) in [6.07, 6.45) is 8.54. The first-order valence-corrected chi connectivity index (χ1v) is 7.83. The fourth-order valence-corrected chi connectivity index (χ4v) is 3.59. The third-order valence-corrected chi connectivity index (χ3v) is 5.05. The summed E-state index contributed by atoms with van der Waals surface area (Å²) in [5.74, 6) is 0. The van der Waals surface area contributed by atoms with E-state index in [0.717, 1.165) is 25.8 Å². The molecule has 1 N–H and O–H groups in total. The molecular weight excluding hydrogens is 224 g/mol. The molecule has 1 saturated heterocycles. The molecule has 1 heterocycles. The summed E-state index contributed by atoms with van der Waals surface area (Å²) in [5, 5.41) is 3.79. The molecule has 0 amide bonds. The van der Waals surface area contributed by atoms with Crippen LogP contribution in [0.1, 0.15) is 45.4 Å². The van der Waals surface area contributed by atoms with Crippen LogP contribution in [0.15, 0.2) is 0 Å². The van der Waals surface area contributed by atoms with Crippen molar-refractivity contribution in [3.63, 3.8) is 0 Å². The van der Waals surface area contributed by atoms with Crippen molar-refractivity contribution < 1.29 is 4.74 Å². The molecule has 0 spiro atoms. The molecule has 1 unspecified atom stereocenters. The van der Waals surface area contributed by atoms with Crippen LogP contribution in [-0.4, -0.2) is 49.8 Å². The molecule has 0 aromatic heterocycles. The van der Waals surface area contributed by atoms with Gasteiger partial charge in [0, 0.05) is 31.7 Å². The summed E-state index contributed by atoms with van der Waals surface area (Å²) in [6.45, 7) is 7.84. The van der Waals surface area contributed by atoms with Crippen LogP contribution in [-0.2, 0) is 4.74 Å². The average molecular weight is 252 g/mol. The maximum atomic E-state index is 5.56. The smallest absolute Gasteiger partial charge is 0.0619 e. The summed E-state index contributed by atoms with van der Waals surface area (Å²) in [7, 11) is 0. The Hall–Kier alpha value is -0.120. The molecule has 3 fully saturated rings. The molecule has 3 rings (SSSR count). The molecule has 1 atom stereocenters. The zero-order chi connectivity index (χ0) is 12.4. The van der Waals surface area contributed by atoms with Gasteiger partial charge in [-0.2, -0.15) is 0 Å². The third kappa shape index (κ3) is 3.06. The predicted molar refractivity (Wildman–Crippen MR) is 73.8 cm³/mol. The van der Waals surface area contributed by atoms with Crippen LogP contribution in [0.4, 0.5) is 0 Å². The molecule has 18 heavy (non-hydrogen) atoms. The summed E-state index contributed by atoms with van der Waals surface area (Å²) in [4.78, 5) is 2.67. The summed E-state index contributed by atoms with van der Waals surface area (Å²) in [5.41, 5.74) is 0.564. The molecule has 3 heteroatoms. The highest BCUT2D eigenvalue weighted by Crippen LogP contribution is 2.39. The predicted octanol–water partition coefficient (Wildman–Crippen LogP) is 2.02. The first-order chi connectivity index (χ1) is 8.77. The number of morpholine rings is 1. The van der Waals surface area contributed by atoms with E-state index in [1.165, 1.54) is 51.6 Å². The highest BCUT2D eigenvalue weighted by atomic mass is 16.5. The highest BCUT2D eigenvalue weighted by molar-refractivity contribution is 4.93. The molecule has 1 aliphatic heterocycles. The minimum Gasteiger partial charge on any atom is -0.379 e. The molecule has 2 aliphatic carbocycles. The monoisotopic (exact) mass is 252 g/mol. The first-order valence-electron chi connectivity index (χ1n) is 7.83. The van der Waals surface area contributed by atoms with E-state index in [1.807, 2.05) is 0 Å². The zero-order valence-electron chi connectivity index (χ0n) is 11.8. The first kappa shape index (κ1) is 12.9. The summed E-state index contributed by atoms with van der Waals surface area (Å²) >= 11 is 0. The van der Waals surface area contributed by atoms with Crippen molar-refractivity contribution >= 4 is 0 Å². The Balaban J connectivity index is 1.57. The molecule has 2 saturated carbocycles. The SMILES string of the molecule is CC1COCCN1CC1(CNC2CC2)CCCC1. The second kappa shape index (κ2) is 5.48. The van der Waals surface area contributed by atoms with E-state index >= 15 is 0 Å². The quantitative estimate of drug-likeness (QED) is 0.810. The van der Waals surface area contributed by atoms with Gasteiger partial charge < -0.3 is 10.1 Å². The average Bonchev–Trinajstić information content (AvgIpc) is 3.10. The Labute approximate surface area is 111 Å². The Bertz CT molecular complexity index is 272.